The number of hydrogen-bond donors (Lipinski definition) is 1. The maximum absolute atomic E-state index is 10.5. The van der Waals surface area contributed by atoms with Gasteiger partial charge in [0.25, 0.3) is 0 Å². The lowest BCUT2D eigenvalue weighted by Gasteiger charge is -2.09. The van der Waals surface area contributed by atoms with E-state index >= 15 is 0 Å². The van der Waals surface area contributed by atoms with E-state index in [1.165, 1.54) is 0 Å². The summed E-state index contributed by atoms with van der Waals surface area (Å²) < 4.78 is 0. The van der Waals surface area contributed by atoms with Crippen LogP contribution >= 0.6 is 0 Å². The number of benzene rings is 1. The standard InChI is InChI=1S/C10H11NO4/c12-10(13)6-9(7-11(14)15)8-4-2-1-3-5-8/h1-5,9H,6-7H2,(H,12,13). The predicted octanol–water partition coefficient (Wildman–Crippen LogP) is 1.52. The van der Waals surface area contributed by atoms with Crippen LogP contribution in [0.5, 0.6) is 0 Å². The van der Waals surface area contributed by atoms with Crippen LogP contribution < -0.4 is 0 Å². The van der Waals surface area contributed by atoms with Crippen LogP contribution in [-0.2, 0) is 4.79 Å². The van der Waals surface area contributed by atoms with Crippen molar-refractivity contribution in [3.05, 3.63) is 46.0 Å². The maximum atomic E-state index is 10.5. The fourth-order valence-corrected chi connectivity index (χ4v) is 1.40. The summed E-state index contributed by atoms with van der Waals surface area (Å²) in [6.07, 6.45) is -0.217. The number of carboxylic acid groups (broad SMARTS) is 1. The van der Waals surface area contributed by atoms with Crippen LogP contribution in [0.4, 0.5) is 0 Å². The third-order valence-electron chi connectivity index (χ3n) is 2.06. The molecule has 5 nitrogen and oxygen atoms in total. The van der Waals surface area contributed by atoms with Gasteiger partial charge in [0.15, 0.2) is 0 Å². The van der Waals surface area contributed by atoms with E-state index in [2.05, 4.69) is 0 Å². The zero-order valence-corrected chi connectivity index (χ0v) is 8.00. The lowest BCUT2D eigenvalue weighted by atomic mass is 9.96. The zero-order chi connectivity index (χ0) is 11.3. The van der Waals surface area contributed by atoms with Crippen LogP contribution in [-0.4, -0.2) is 22.5 Å². The molecule has 0 bridgehead atoms. The average Bonchev–Trinajstić information content (AvgIpc) is 2.17. The molecule has 80 valence electrons. The lowest BCUT2D eigenvalue weighted by molar-refractivity contribution is -0.483. The van der Waals surface area contributed by atoms with Crippen molar-refractivity contribution in [1.82, 2.24) is 0 Å². The van der Waals surface area contributed by atoms with Crippen molar-refractivity contribution < 1.29 is 14.8 Å². The predicted molar refractivity (Wildman–Crippen MR) is 53.3 cm³/mol. The minimum atomic E-state index is -1.02. The van der Waals surface area contributed by atoms with Gasteiger partial charge in [0.1, 0.15) is 0 Å². The molecule has 0 radical (unpaired) electrons. The molecule has 1 N–H and O–H groups in total. The Morgan fingerprint density at radius 3 is 2.47 bits per heavy atom. The van der Waals surface area contributed by atoms with Crippen LogP contribution in [0.3, 0.4) is 0 Å². The van der Waals surface area contributed by atoms with E-state index in [1.54, 1.807) is 30.3 Å². The Hall–Kier alpha value is -1.91. The van der Waals surface area contributed by atoms with Crippen molar-refractivity contribution in [2.75, 3.05) is 6.54 Å². The number of carbonyl (C=O) groups is 1. The van der Waals surface area contributed by atoms with Crippen molar-refractivity contribution in [1.29, 1.82) is 0 Å². The van der Waals surface area contributed by atoms with Crippen molar-refractivity contribution in [3.63, 3.8) is 0 Å². The van der Waals surface area contributed by atoms with Gasteiger partial charge in [-0.15, -0.1) is 0 Å². The molecule has 0 saturated heterocycles. The summed E-state index contributed by atoms with van der Waals surface area (Å²) in [5.74, 6) is -1.58. The lowest BCUT2D eigenvalue weighted by Crippen LogP contribution is -2.16. The van der Waals surface area contributed by atoms with Crippen LogP contribution in [0.1, 0.15) is 17.9 Å². The average molecular weight is 209 g/mol. The maximum Gasteiger partial charge on any atom is 0.304 e. The third-order valence-corrected chi connectivity index (χ3v) is 2.06. The highest BCUT2D eigenvalue weighted by atomic mass is 16.6. The van der Waals surface area contributed by atoms with Crippen molar-refractivity contribution in [3.8, 4) is 0 Å². The fourth-order valence-electron chi connectivity index (χ4n) is 1.40. The Bertz CT molecular complexity index is 334. The van der Waals surface area contributed by atoms with E-state index in [1.807, 2.05) is 0 Å². The Morgan fingerprint density at radius 2 is 2.00 bits per heavy atom. The van der Waals surface area contributed by atoms with Gasteiger partial charge in [0, 0.05) is 4.92 Å². The Labute approximate surface area is 86.5 Å². The van der Waals surface area contributed by atoms with E-state index in [9.17, 15) is 14.9 Å². The molecular weight excluding hydrogens is 198 g/mol. The molecule has 0 saturated carbocycles. The van der Waals surface area contributed by atoms with Crippen LogP contribution in [0, 0.1) is 10.1 Å². The molecule has 0 spiro atoms. The summed E-state index contributed by atoms with van der Waals surface area (Å²) in [7, 11) is 0. The summed E-state index contributed by atoms with van der Waals surface area (Å²) in [4.78, 5) is 20.4. The SMILES string of the molecule is O=C(O)CC(C[N+](=O)[O-])c1ccccc1. The molecule has 0 aliphatic rings. The summed E-state index contributed by atoms with van der Waals surface area (Å²) in [5, 5.41) is 19.0. The van der Waals surface area contributed by atoms with Crippen LogP contribution in [0.25, 0.3) is 0 Å². The number of nitro groups is 1. The highest BCUT2D eigenvalue weighted by molar-refractivity contribution is 5.68. The second-order valence-electron chi connectivity index (χ2n) is 3.22. The molecule has 5 heteroatoms. The first kappa shape index (κ1) is 11.2. The van der Waals surface area contributed by atoms with Crippen molar-refractivity contribution >= 4 is 5.97 Å². The first-order valence-corrected chi connectivity index (χ1v) is 4.48. The molecule has 0 amide bonds. The first-order valence-electron chi connectivity index (χ1n) is 4.48. The van der Waals surface area contributed by atoms with Crippen LogP contribution in [0.2, 0.25) is 0 Å². The quantitative estimate of drug-likeness (QED) is 0.588. The van der Waals surface area contributed by atoms with E-state index in [0.29, 0.717) is 5.56 Å². The fraction of sp³-hybridized carbons (Fsp3) is 0.300. The molecule has 0 aliphatic carbocycles. The number of hydrogen-bond acceptors (Lipinski definition) is 3. The second kappa shape index (κ2) is 5.09. The third kappa shape index (κ3) is 3.76. The Morgan fingerprint density at radius 1 is 1.40 bits per heavy atom. The minimum Gasteiger partial charge on any atom is -0.481 e. The summed E-state index contributed by atoms with van der Waals surface area (Å²) in [5.41, 5.74) is 0.691. The largest absolute Gasteiger partial charge is 0.481 e. The summed E-state index contributed by atoms with van der Waals surface area (Å²) >= 11 is 0. The monoisotopic (exact) mass is 209 g/mol. The highest BCUT2D eigenvalue weighted by Gasteiger charge is 2.20. The smallest absolute Gasteiger partial charge is 0.304 e. The molecule has 15 heavy (non-hydrogen) atoms. The van der Waals surface area contributed by atoms with Gasteiger partial charge in [-0.05, 0) is 5.56 Å². The molecule has 0 aromatic heterocycles. The number of rotatable bonds is 5. The molecule has 0 aliphatic heterocycles. The molecule has 1 aromatic carbocycles. The molecule has 1 atom stereocenters. The van der Waals surface area contributed by atoms with Gasteiger partial charge in [0.2, 0.25) is 6.54 Å². The number of carboxylic acids is 1. The normalized spacial score (nSPS) is 12.0. The van der Waals surface area contributed by atoms with E-state index in [4.69, 9.17) is 5.11 Å². The molecule has 0 fully saturated rings. The molecule has 1 unspecified atom stereocenters. The number of nitrogens with zero attached hydrogens (tertiary/aromatic N) is 1. The van der Waals surface area contributed by atoms with Gasteiger partial charge in [-0.3, -0.25) is 14.9 Å². The van der Waals surface area contributed by atoms with Gasteiger partial charge in [-0.25, -0.2) is 0 Å². The molecular formula is C10H11NO4. The topological polar surface area (TPSA) is 80.4 Å². The van der Waals surface area contributed by atoms with Crippen molar-refractivity contribution in [2.45, 2.75) is 12.3 Å². The van der Waals surface area contributed by atoms with Crippen LogP contribution in [0.15, 0.2) is 30.3 Å². The van der Waals surface area contributed by atoms with Crippen molar-refractivity contribution in [2.24, 2.45) is 0 Å². The van der Waals surface area contributed by atoms with Gasteiger partial charge < -0.3 is 5.11 Å². The molecule has 1 aromatic rings. The highest BCUT2D eigenvalue weighted by Crippen LogP contribution is 2.19. The van der Waals surface area contributed by atoms with Gasteiger partial charge in [0.05, 0.1) is 12.3 Å². The minimum absolute atomic E-state index is 0.217. The number of aliphatic carboxylic acids is 1. The van der Waals surface area contributed by atoms with Gasteiger partial charge >= 0.3 is 5.97 Å². The summed E-state index contributed by atoms with van der Waals surface area (Å²) in [6.45, 7) is -0.351. The van der Waals surface area contributed by atoms with E-state index in [0.717, 1.165) is 0 Å². The van der Waals surface area contributed by atoms with E-state index in [-0.39, 0.29) is 13.0 Å². The van der Waals surface area contributed by atoms with Gasteiger partial charge in [-0.2, -0.15) is 0 Å². The van der Waals surface area contributed by atoms with E-state index < -0.39 is 16.8 Å². The zero-order valence-electron chi connectivity index (χ0n) is 8.00. The molecule has 1 rings (SSSR count). The Kier molecular flexibility index (Phi) is 3.79. The summed E-state index contributed by atoms with van der Waals surface area (Å²) in [6, 6.07) is 8.68. The second-order valence-corrected chi connectivity index (χ2v) is 3.22. The van der Waals surface area contributed by atoms with Gasteiger partial charge in [-0.1, -0.05) is 30.3 Å². The Balaban J connectivity index is 2.81. The molecule has 0 heterocycles. The first-order chi connectivity index (χ1) is 7.09.